The van der Waals surface area contributed by atoms with Crippen molar-refractivity contribution in [2.24, 2.45) is 0 Å². The number of nitrogens with zero attached hydrogens (tertiary/aromatic N) is 1. The number of imide groups is 1. The van der Waals surface area contributed by atoms with Gasteiger partial charge in [0.25, 0.3) is 11.8 Å². The Bertz CT molecular complexity index is 935. The van der Waals surface area contributed by atoms with Gasteiger partial charge in [-0.2, -0.15) is 0 Å². The molecule has 0 saturated heterocycles. The fourth-order valence-corrected chi connectivity index (χ4v) is 2.90. The first-order valence-corrected chi connectivity index (χ1v) is 9.43. The van der Waals surface area contributed by atoms with E-state index in [1.807, 2.05) is 0 Å². The van der Waals surface area contributed by atoms with E-state index >= 15 is 0 Å². The maximum absolute atomic E-state index is 12.5. The smallest absolute Gasteiger partial charge is 0.302 e. The Morgan fingerprint density at radius 2 is 1.60 bits per heavy atom. The molecule has 2 aromatic rings. The molecule has 2 aromatic carbocycles. The Morgan fingerprint density at radius 3 is 2.13 bits per heavy atom. The molecular weight excluding hydrogens is 388 g/mol. The number of benzene rings is 2. The Morgan fingerprint density at radius 1 is 1.00 bits per heavy atom. The SMILES string of the molecule is CC(=N)c1ccc(OCC(CCOC(C)=O)ON2C(=O)c3ccccc3C2=O)cc1. The van der Waals surface area contributed by atoms with Gasteiger partial charge in [-0.05, 0) is 48.9 Å². The average molecular weight is 410 g/mol. The molecule has 3 rings (SSSR count). The predicted molar refractivity (Wildman–Crippen MR) is 108 cm³/mol. The summed E-state index contributed by atoms with van der Waals surface area (Å²) in [4.78, 5) is 41.8. The van der Waals surface area contributed by atoms with Gasteiger partial charge in [0.15, 0.2) is 0 Å². The second-order valence-corrected chi connectivity index (χ2v) is 6.77. The summed E-state index contributed by atoms with van der Waals surface area (Å²) < 4.78 is 10.7. The fourth-order valence-electron chi connectivity index (χ4n) is 2.90. The lowest BCUT2D eigenvalue weighted by Gasteiger charge is -2.22. The molecule has 0 saturated carbocycles. The van der Waals surface area contributed by atoms with E-state index in [9.17, 15) is 14.4 Å². The van der Waals surface area contributed by atoms with Crippen molar-refractivity contribution in [3.8, 4) is 5.75 Å². The van der Waals surface area contributed by atoms with Gasteiger partial charge in [-0.3, -0.25) is 19.2 Å². The van der Waals surface area contributed by atoms with Crippen molar-refractivity contribution >= 4 is 23.5 Å². The third-order valence-corrected chi connectivity index (χ3v) is 4.48. The van der Waals surface area contributed by atoms with Crippen molar-refractivity contribution < 1.29 is 28.7 Å². The molecule has 1 heterocycles. The lowest BCUT2D eigenvalue weighted by molar-refractivity contribution is -0.154. The van der Waals surface area contributed by atoms with Crippen LogP contribution in [-0.4, -0.2) is 47.9 Å². The molecule has 1 atom stereocenters. The Hall–Kier alpha value is -3.52. The van der Waals surface area contributed by atoms with E-state index in [1.54, 1.807) is 55.5 Å². The second-order valence-electron chi connectivity index (χ2n) is 6.77. The molecule has 30 heavy (non-hydrogen) atoms. The van der Waals surface area contributed by atoms with Gasteiger partial charge in [0.05, 0.1) is 17.7 Å². The lowest BCUT2D eigenvalue weighted by Crippen LogP contribution is -2.37. The Kier molecular flexibility index (Phi) is 6.58. The number of fused-ring (bicyclic) bond motifs is 1. The maximum atomic E-state index is 12.5. The molecule has 156 valence electrons. The number of ether oxygens (including phenoxy) is 2. The Labute approximate surface area is 173 Å². The summed E-state index contributed by atoms with van der Waals surface area (Å²) >= 11 is 0. The van der Waals surface area contributed by atoms with Crippen LogP contribution in [-0.2, 0) is 14.4 Å². The standard InChI is InChI=1S/C22H22N2O6/c1-14(23)16-7-9-17(10-8-16)29-13-18(11-12-28-15(2)25)30-24-21(26)19-5-3-4-6-20(19)22(24)27/h3-10,18,23H,11-13H2,1-2H3. The molecule has 0 spiro atoms. The molecule has 2 amide bonds. The molecule has 8 heteroatoms. The third-order valence-electron chi connectivity index (χ3n) is 4.48. The summed E-state index contributed by atoms with van der Waals surface area (Å²) in [5.41, 5.74) is 1.77. The number of carbonyl (C=O) groups excluding carboxylic acids is 3. The van der Waals surface area contributed by atoms with Gasteiger partial charge in [-0.1, -0.05) is 12.1 Å². The highest BCUT2D eigenvalue weighted by Crippen LogP contribution is 2.24. The molecule has 8 nitrogen and oxygen atoms in total. The van der Waals surface area contributed by atoms with Crippen LogP contribution in [0.15, 0.2) is 48.5 Å². The van der Waals surface area contributed by atoms with Gasteiger partial charge in [-0.25, -0.2) is 0 Å². The molecule has 1 N–H and O–H groups in total. The zero-order chi connectivity index (χ0) is 21.7. The molecule has 0 aliphatic carbocycles. The molecule has 1 unspecified atom stereocenters. The summed E-state index contributed by atoms with van der Waals surface area (Å²) in [5, 5.41) is 8.36. The second kappa shape index (κ2) is 9.32. The van der Waals surface area contributed by atoms with Crippen LogP contribution in [0.3, 0.4) is 0 Å². The highest BCUT2D eigenvalue weighted by molar-refractivity contribution is 6.20. The lowest BCUT2D eigenvalue weighted by atomic mass is 10.1. The predicted octanol–water partition coefficient (Wildman–Crippen LogP) is 3.00. The third kappa shape index (κ3) is 4.90. The highest BCUT2D eigenvalue weighted by atomic mass is 16.7. The van der Waals surface area contributed by atoms with Crippen LogP contribution in [0.4, 0.5) is 0 Å². The summed E-state index contributed by atoms with van der Waals surface area (Å²) in [6.07, 6.45) is -0.485. The zero-order valence-corrected chi connectivity index (χ0v) is 16.7. The van der Waals surface area contributed by atoms with Gasteiger partial charge >= 0.3 is 5.97 Å². The maximum Gasteiger partial charge on any atom is 0.302 e. The van der Waals surface area contributed by atoms with Crippen LogP contribution in [0.2, 0.25) is 0 Å². The van der Waals surface area contributed by atoms with Gasteiger partial charge in [0.1, 0.15) is 18.5 Å². The van der Waals surface area contributed by atoms with E-state index in [4.69, 9.17) is 19.7 Å². The topological polar surface area (TPSA) is 106 Å². The number of amides is 2. The minimum Gasteiger partial charge on any atom is -0.491 e. The van der Waals surface area contributed by atoms with Crippen LogP contribution in [0.1, 0.15) is 46.5 Å². The minimum absolute atomic E-state index is 0.0254. The highest BCUT2D eigenvalue weighted by Gasteiger charge is 2.38. The average Bonchev–Trinajstić information content (AvgIpc) is 2.97. The van der Waals surface area contributed by atoms with Crippen molar-refractivity contribution in [3.63, 3.8) is 0 Å². The number of nitrogens with one attached hydrogen (secondary N) is 1. The van der Waals surface area contributed by atoms with Gasteiger partial charge in [0, 0.05) is 19.1 Å². The quantitative estimate of drug-likeness (QED) is 0.387. The van der Waals surface area contributed by atoms with E-state index in [1.165, 1.54) is 6.92 Å². The summed E-state index contributed by atoms with van der Waals surface area (Å²) in [6.45, 7) is 3.07. The molecule has 1 aliphatic heterocycles. The van der Waals surface area contributed by atoms with Crippen LogP contribution in [0.5, 0.6) is 5.75 Å². The van der Waals surface area contributed by atoms with Crippen molar-refractivity contribution in [2.45, 2.75) is 26.4 Å². The number of rotatable bonds is 9. The number of carbonyl (C=O) groups is 3. The first kappa shape index (κ1) is 21.2. The molecular formula is C22H22N2O6. The van der Waals surface area contributed by atoms with E-state index in [2.05, 4.69) is 0 Å². The van der Waals surface area contributed by atoms with Crippen LogP contribution in [0, 0.1) is 5.41 Å². The summed E-state index contributed by atoms with van der Waals surface area (Å²) in [6, 6.07) is 13.4. The van der Waals surface area contributed by atoms with Crippen LogP contribution < -0.4 is 4.74 Å². The number of esters is 1. The molecule has 0 aromatic heterocycles. The first-order chi connectivity index (χ1) is 14.4. The number of hydrogen-bond acceptors (Lipinski definition) is 7. The summed E-state index contributed by atoms with van der Waals surface area (Å²) in [7, 11) is 0. The normalized spacial score (nSPS) is 13.7. The molecule has 1 aliphatic rings. The Balaban J connectivity index is 1.68. The van der Waals surface area contributed by atoms with Crippen molar-refractivity contribution in [2.75, 3.05) is 13.2 Å². The number of hydroxylamine groups is 2. The van der Waals surface area contributed by atoms with Crippen LogP contribution >= 0.6 is 0 Å². The first-order valence-electron chi connectivity index (χ1n) is 9.43. The van der Waals surface area contributed by atoms with Crippen molar-refractivity contribution in [1.82, 2.24) is 5.06 Å². The van der Waals surface area contributed by atoms with E-state index in [-0.39, 0.29) is 30.8 Å². The molecule has 0 bridgehead atoms. The van der Waals surface area contributed by atoms with Gasteiger partial charge in [-0.15, -0.1) is 5.06 Å². The van der Waals surface area contributed by atoms with E-state index in [0.717, 1.165) is 10.6 Å². The van der Waals surface area contributed by atoms with E-state index < -0.39 is 23.9 Å². The zero-order valence-electron chi connectivity index (χ0n) is 16.7. The van der Waals surface area contributed by atoms with Gasteiger partial charge < -0.3 is 14.9 Å². The monoisotopic (exact) mass is 410 g/mol. The molecule has 0 fully saturated rings. The van der Waals surface area contributed by atoms with E-state index in [0.29, 0.717) is 11.5 Å². The summed E-state index contributed by atoms with van der Waals surface area (Å²) in [5.74, 6) is -0.978. The largest absolute Gasteiger partial charge is 0.491 e. The molecule has 0 radical (unpaired) electrons. The van der Waals surface area contributed by atoms with Crippen LogP contribution in [0.25, 0.3) is 0 Å². The minimum atomic E-state index is -0.712. The fraction of sp³-hybridized carbons (Fsp3) is 0.273. The van der Waals surface area contributed by atoms with Gasteiger partial charge in [0.2, 0.25) is 0 Å². The van der Waals surface area contributed by atoms with Crippen molar-refractivity contribution in [3.05, 3.63) is 65.2 Å². The van der Waals surface area contributed by atoms with Crippen molar-refractivity contribution in [1.29, 1.82) is 5.41 Å². The number of hydrogen-bond donors (Lipinski definition) is 1.